The molecule has 2 atom stereocenters. The van der Waals surface area contributed by atoms with Crippen LogP contribution < -0.4 is 5.32 Å². The normalized spacial score (nSPS) is 19.4. The van der Waals surface area contributed by atoms with Crippen LogP contribution in [0.2, 0.25) is 0 Å². The summed E-state index contributed by atoms with van der Waals surface area (Å²) in [6.45, 7) is 5.93. The Morgan fingerprint density at radius 3 is 2.24 bits per heavy atom. The minimum Gasteiger partial charge on any atom is -0.480 e. The zero-order chi connectivity index (χ0) is 16.0. The molecular formula is C13H26N4O4. The van der Waals surface area contributed by atoms with Gasteiger partial charge in [0.1, 0.15) is 0 Å². The molecule has 8 nitrogen and oxygen atoms in total. The number of nitrogens with zero attached hydrogens (tertiary/aromatic N) is 3. The molecule has 0 spiro atoms. The van der Waals surface area contributed by atoms with Gasteiger partial charge in [0, 0.05) is 39.3 Å². The van der Waals surface area contributed by atoms with Gasteiger partial charge in [-0.25, -0.2) is 9.59 Å². The summed E-state index contributed by atoms with van der Waals surface area (Å²) in [4.78, 5) is 28.9. The first-order chi connectivity index (χ1) is 9.81. The van der Waals surface area contributed by atoms with Crippen LogP contribution >= 0.6 is 0 Å². The van der Waals surface area contributed by atoms with Crippen molar-refractivity contribution in [1.82, 2.24) is 20.0 Å². The van der Waals surface area contributed by atoms with Crippen LogP contribution in [0, 0.1) is 0 Å². The second-order valence-corrected chi connectivity index (χ2v) is 5.64. The van der Waals surface area contributed by atoms with Crippen molar-refractivity contribution >= 4 is 12.0 Å². The minimum absolute atomic E-state index is 0.435. The number of carboxylic acids is 1. The highest BCUT2D eigenvalue weighted by molar-refractivity contribution is 5.83. The van der Waals surface area contributed by atoms with E-state index in [1.54, 1.807) is 4.90 Å². The van der Waals surface area contributed by atoms with Crippen molar-refractivity contribution in [2.75, 3.05) is 53.4 Å². The van der Waals surface area contributed by atoms with Gasteiger partial charge in [-0.15, -0.1) is 0 Å². The van der Waals surface area contributed by atoms with Crippen LogP contribution in [0.15, 0.2) is 0 Å². The van der Waals surface area contributed by atoms with Crippen LogP contribution in [0.1, 0.15) is 6.92 Å². The zero-order valence-electron chi connectivity index (χ0n) is 12.9. The molecule has 1 rings (SSSR count). The number of carbonyl (C=O) groups excluding carboxylic acids is 1. The third-order valence-electron chi connectivity index (χ3n) is 3.55. The van der Waals surface area contributed by atoms with E-state index in [2.05, 4.69) is 15.1 Å². The Kier molecular flexibility index (Phi) is 6.86. The molecule has 0 bridgehead atoms. The highest BCUT2D eigenvalue weighted by Crippen LogP contribution is 2.03. The fourth-order valence-corrected chi connectivity index (χ4v) is 2.13. The van der Waals surface area contributed by atoms with Crippen molar-refractivity contribution in [3.63, 3.8) is 0 Å². The molecule has 1 saturated heterocycles. The summed E-state index contributed by atoms with van der Waals surface area (Å²) in [5.74, 6) is -1.23. The smallest absolute Gasteiger partial charge is 0.328 e. The van der Waals surface area contributed by atoms with E-state index < -0.39 is 24.1 Å². The number of hydrogen-bond acceptors (Lipinski definition) is 5. The number of carbonyl (C=O) groups is 2. The van der Waals surface area contributed by atoms with Gasteiger partial charge in [-0.1, -0.05) is 0 Å². The molecule has 0 radical (unpaired) electrons. The van der Waals surface area contributed by atoms with E-state index in [1.165, 1.54) is 6.92 Å². The lowest BCUT2D eigenvalue weighted by Crippen LogP contribution is -2.57. The summed E-state index contributed by atoms with van der Waals surface area (Å²) >= 11 is 0. The van der Waals surface area contributed by atoms with Crippen LogP contribution in [0.4, 0.5) is 4.79 Å². The first kappa shape index (κ1) is 17.7. The molecule has 1 aliphatic heterocycles. The molecule has 0 aromatic heterocycles. The van der Waals surface area contributed by atoms with Crippen LogP contribution in [-0.4, -0.2) is 102 Å². The van der Waals surface area contributed by atoms with Gasteiger partial charge in [0.05, 0.1) is 6.10 Å². The van der Waals surface area contributed by atoms with E-state index in [4.69, 9.17) is 5.11 Å². The van der Waals surface area contributed by atoms with E-state index in [-0.39, 0.29) is 0 Å². The molecule has 0 aliphatic carbocycles. The summed E-state index contributed by atoms with van der Waals surface area (Å²) in [5, 5.41) is 20.7. The van der Waals surface area contributed by atoms with Crippen LogP contribution in [0.25, 0.3) is 0 Å². The standard InChI is InChI=1S/C13H26N4O4/c1-10(18)11(12(19)20)14-13(21)17-8-6-16(7-9-17)5-4-15(2)3/h10-11,18H,4-9H2,1-3H3,(H,14,21)(H,19,20)/t10-,11+/m1/s1. The van der Waals surface area contributed by atoms with E-state index >= 15 is 0 Å². The summed E-state index contributed by atoms with van der Waals surface area (Å²) < 4.78 is 0. The lowest BCUT2D eigenvalue weighted by molar-refractivity contribution is -0.141. The number of aliphatic hydroxyl groups excluding tert-OH is 1. The number of nitrogens with one attached hydrogen (secondary N) is 1. The highest BCUT2D eigenvalue weighted by Gasteiger charge is 2.28. The average Bonchev–Trinajstić information content (AvgIpc) is 2.42. The van der Waals surface area contributed by atoms with Gasteiger partial charge >= 0.3 is 12.0 Å². The van der Waals surface area contributed by atoms with Crippen molar-refractivity contribution in [3.05, 3.63) is 0 Å². The van der Waals surface area contributed by atoms with Gasteiger partial charge in [0.25, 0.3) is 0 Å². The highest BCUT2D eigenvalue weighted by atomic mass is 16.4. The van der Waals surface area contributed by atoms with Gasteiger partial charge in [0.15, 0.2) is 6.04 Å². The van der Waals surface area contributed by atoms with Crippen LogP contribution in [0.3, 0.4) is 0 Å². The topological polar surface area (TPSA) is 96.4 Å². The number of piperazine rings is 1. The number of amides is 2. The predicted molar refractivity (Wildman–Crippen MR) is 78.2 cm³/mol. The van der Waals surface area contributed by atoms with Gasteiger partial charge in [-0.2, -0.15) is 0 Å². The summed E-state index contributed by atoms with van der Waals surface area (Å²) in [6.07, 6.45) is -1.13. The molecule has 21 heavy (non-hydrogen) atoms. The molecule has 0 aromatic carbocycles. The van der Waals surface area contributed by atoms with E-state index in [1.807, 2.05) is 14.1 Å². The molecule has 1 fully saturated rings. The molecule has 0 aromatic rings. The summed E-state index contributed by atoms with van der Waals surface area (Å²) in [7, 11) is 4.04. The minimum atomic E-state index is -1.27. The molecule has 3 N–H and O–H groups in total. The maximum absolute atomic E-state index is 12.0. The van der Waals surface area contributed by atoms with Crippen molar-refractivity contribution < 1.29 is 19.8 Å². The second kappa shape index (κ2) is 8.16. The molecule has 8 heteroatoms. The number of hydrogen-bond donors (Lipinski definition) is 3. The Balaban J connectivity index is 2.39. The molecular weight excluding hydrogens is 276 g/mol. The number of urea groups is 1. The Labute approximate surface area is 125 Å². The molecule has 0 saturated carbocycles. The predicted octanol–water partition coefficient (Wildman–Crippen LogP) is -1.29. The van der Waals surface area contributed by atoms with Gasteiger partial charge in [0.2, 0.25) is 0 Å². The Hall–Kier alpha value is -1.38. The van der Waals surface area contributed by atoms with Crippen molar-refractivity contribution in [2.45, 2.75) is 19.1 Å². The molecule has 122 valence electrons. The number of likely N-dealkylation sites (N-methyl/N-ethyl adjacent to an activating group) is 1. The fraction of sp³-hybridized carbons (Fsp3) is 0.846. The Morgan fingerprint density at radius 2 is 1.81 bits per heavy atom. The molecule has 2 amide bonds. The van der Waals surface area contributed by atoms with Crippen molar-refractivity contribution in [3.8, 4) is 0 Å². The van der Waals surface area contributed by atoms with Crippen LogP contribution in [-0.2, 0) is 4.79 Å². The second-order valence-electron chi connectivity index (χ2n) is 5.64. The van der Waals surface area contributed by atoms with E-state index in [0.717, 1.165) is 26.2 Å². The third-order valence-corrected chi connectivity index (χ3v) is 3.55. The number of carboxylic acid groups (broad SMARTS) is 1. The zero-order valence-corrected chi connectivity index (χ0v) is 12.9. The maximum atomic E-state index is 12.0. The molecule has 0 unspecified atom stereocenters. The lowest BCUT2D eigenvalue weighted by Gasteiger charge is -2.35. The lowest BCUT2D eigenvalue weighted by atomic mass is 10.2. The fourth-order valence-electron chi connectivity index (χ4n) is 2.13. The Bertz CT molecular complexity index is 354. The van der Waals surface area contributed by atoms with Crippen molar-refractivity contribution in [2.24, 2.45) is 0 Å². The van der Waals surface area contributed by atoms with Crippen molar-refractivity contribution in [1.29, 1.82) is 0 Å². The average molecular weight is 302 g/mol. The molecule has 1 aliphatic rings. The van der Waals surface area contributed by atoms with Gasteiger partial charge < -0.3 is 25.3 Å². The number of rotatable bonds is 6. The number of aliphatic carboxylic acids is 1. The van der Waals surface area contributed by atoms with E-state index in [9.17, 15) is 14.7 Å². The van der Waals surface area contributed by atoms with Gasteiger partial charge in [-0.3, -0.25) is 4.90 Å². The third kappa shape index (κ3) is 5.86. The Morgan fingerprint density at radius 1 is 1.24 bits per heavy atom. The van der Waals surface area contributed by atoms with Gasteiger partial charge in [-0.05, 0) is 21.0 Å². The first-order valence-electron chi connectivity index (χ1n) is 7.14. The molecule has 1 heterocycles. The number of aliphatic hydroxyl groups is 1. The van der Waals surface area contributed by atoms with Crippen LogP contribution in [0.5, 0.6) is 0 Å². The largest absolute Gasteiger partial charge is 0.480 e. The quantitative estimate of drug-likeness (QED) is 0.565. The first-order valence-corrected chi connectivity index (χ1v) is 7.14. The maximum Gasteiger partial charge on any atom is 0.328 e. The summed E-state index contributed by atoms with van der Waals surface area (Å²) in [5.41, 5.74) is 0. The van der Waals surface area contributed by atoms with E-state index in [0.29, 0.717) is 13.1 Å². The SMILES string of the molecule is C[C@@H](O)[C@H](NC(=O)N1CCN(CCN(C)C)CC1)C(=O)O. The summed E-state index contributed by atoms with van der Waals surface area (Å²) in [6, 6.07) is -1.71. The monoisotopic (exact) mass is 302 g/mol.